The van der Waals surface area contributed by atoms with Crippen LogP contribution >= 0.6 is 0 Å². The van der Waals surface area contributed by atoms with E-state index in [9.17, 15) is 9.59 Å². The maximum atomic E-state index is 12.8. The van der Waals surface area contributed by atoms with Crippen molar-refractivity contribution in [2.45, 2.75) is 19.4 Å². The highest BCUT2D eigenvalue weighted by atomic mass is 16.5. The van der Waals surface area contributed by atoms with Gasteiger partial charge in [-0.15, -0.1) is 0 Å². The number of carbonyl (C=O) groups is 2. The summed E-state index contributed by atoms with van der Waals surface area (Å²) in [6, 6.07) is 22.4. The van der Waals surface area contributed by atoms with Crippen LogP contribution in [0.1, 0.15) is 22.8 Å². The molecule has 0 unspecified atom stereocenters. The Hall–Kier alpha value is -3.80. The molecular weight excluding hydrogens is 390 g/mol. The van der Waals surface area contributed by atoms with E-state index in [4.69, 9.17) is 4.74 Å². The molecule has 0 aliphatic carbocycles. The van der Waals surface area contributed by atoms with Gasteiger partial charge in [0.05, 0.1) is 13.7 Å². The molecule has 0 bridgehead atoms. The number of anilines is 3. The first-order valence-corrected chi connectivity index (χ1v) is 10.2. The molecule has 2 amide bonds. The van der Waals surface area contributed by atoms with Gasteiger partial charge in [-0.2, -0.15) is 0 Å². The number of nitrogens with zero attached hydrogens (tertiary/aromatic N) is 1. The van der Waals surface area contributed by atoms with Crippen molar-refractivity contribution in [1.29, 1.82) is 0 Å². The molecule has 31 heavy (non-hydrogen) atoms. The van der Waals surface area contributed by atoms with Crippen molar-refractivity contribution in [1.82, 2.24) is 0 Å². The Morgan fingerprint density at radius 3 is 2.35 bits per heavy atom. The molecule has 1 heterocycles. The second-order valence-corrected chi connectivity index (χ2v) is 7.56. The molecule has 6 nitrogen and oxygen atoms in total. The average Bonchev–Trinajstić information content (AvgIpc) is 3.14. The zero-order valence-corrected chi connectivity index (χ0v) is 17.6. The maximum Gasteiger partial charge on any atom is 0.255 e. The van der Waals surface area contributed by atoms with Gasteiger partial charge in [0.15, 0.2) is 0 Å². The van der Waals surface area contributed by atoms with Crippen molar-refractivity contribution in [3.05, 3.63) is 83.9 Å². The number of methoxy groups -OCH3 is 1. The zero-order valence-electron chi connectivity index (χ0n) is 17.6. The number of fused-ring (bicyclic) bond motifs is 1. The molecule has 0 radical (unpaired) electrons. The fourth-order valence-corrected chi connectivity index (χ4v) is 3.83. The summed E-state index contributed by atoms with van der Waals surface area (Å²) >= 11 is 0. The highest BCUT2D eigenvalue weighted by molar-refractivity contribution is 6.04. The van der Waals surface area contributed by atoms with Crippen LogP contribution in [0.25, 0.3) is 0 Å². The van der Waals surface area contributed by atoms with Crippen molar-refractivity contribution in [2.24, 2.45) is 0 Å². The van der Waals surface area contributed by atoms with Gasteiger partial charge >= 0.3 is 0 Å². The van der Waals surface area contributed by atoms with E-state index >= 15 is 0 Å². The normalized spacial score (nSPS) is 14.6. The summed E-state index contributed by atoms with van der Waals surface area (Å²) in [4.78, 5) is 27.1. The number of para-hydroxylation sites is 1. The third-order valence-corrected chi connectivity index (χ3v) is 5.41. The number of benzene rings is 3. The highest BCUT2D eigenvalue weighted by Gasteiger charge is 2.30. The van der Waals surface area contributed by atoms with Gasteiger partial charge in [-0.3, -0.25) is 9.59 Å². The quantitative estimate of drug-likeness (QED) is 0.628. The Labute approximate surface area is 181 Å². The number of carbonyl (C=O) groups excluding carboxylic acids is 2. The lowest BCUT2D eigenvalue weighted by molar-refractivity contribution is -0.117. The van der Waals surface area contributed by atoms with Crippen LogP contribution in [0.5, 0.6) is 5.75 Å². The van der Waals surface area contributed by atoms with Gasteiger partial charge in [0.25, 0.3) is 5.91 Å². The Morgan fingerprint density at radius 1 is 0.968 bits per heavy atom. The van der Waals surface area contributed by atoms with E-state index in [1.807, 2.05) is 23.1 Å². The first kappa shape index (κ1) is 20.5. The first-order chi connectivity index (χ1) is 15.0. The summed E-state index contributed by atoms with van der Waals surface area (Å²) in [6.07, 6.45) is 0.875. The Bertz CT molecular complexity index is 1080. The summed E-state index contributed by atoms with van der Waals surface area (Å²) in [5, 5.41) is 6.02. The fraction of sp³-hybridized carbons (Fsp3) is 0.200. The third-order valence-electron chi connectivity index (χ3n) is 5.41. The van der Waals surface area contributed by atoms with Gasteiger partial charge in [0.2, 0.25) is 5.91 Å². The smallest absolute Gasteiger partial charge is 0.255 e. The van der Waals surface area contributed by atoms with E-state index in [2.05, 4.69) is 23.6 Å². The number of hydrogen-bond acceptors (Lipinski definition) is 4. The van der Waals surface area contributed by atoms with Gasteiger partial charge in [0.1, 0.15) is 5.75 Å². The standard InChI is InChI=1S/C25H25N3O3/c1-17-15-19-5-3-4-6-23(19)28(17)24(29)16-26-20-9-7-18(8-10-20)25(30)27-21-11-13-22(31-2)14-12-21/h3-14,17,26H,15-16H2,1-2H3,(H,27,30)/t17-/m1/s1. The maximum absolute atomic E-state index is 12.8. The molecule has 6 heteroatoms. The van der Waals surface area contributed by atoms with Gasteiger partial charge < -0.3 is 20.3 Å². The van der Waals surface area contributed by atoms with Crippen molar-refractivity contribution in [2.75, 3.05) is 29.2 Å². The number of hydrogen-bond donors (Lipinski definition) is 2. The molecule has 158 valence electrons. The van der Waals surface area contributed by atoms with Crippen LogP contribution in [0, 0.1) is 0 Å². The lowest BCUT2D eigenvalue weighted by Crippen LogP contribution is -2.39. The van der Waals surface area contributed by atoms with Crippen molar-refractivity contribution in [3.8, 4) is 5.75 Å². The molecule has 0 fully saturated rings. The van der Waals surface area contributed by atoms with E-state index in [0.717, 1.165) is 23.5 Å². The summed E-state index contributed by atoms with van der Waals surface area (Å²) in [5.74, 6) is 0.559. The molecule has 1 atom stereocenters. The number of rotatable bonds is 6. The minimum absolute atomic E-state index is 0.0266. The molecule has 2 N–H and O–H groups in total. The Morgan fingerprint density at radius 2 is 1.65 bits per heavy atom. The third kappa shape index (κ3) is 4.53. The molecule has 0 saturated carbocycles. The lowest BCUT2D eigenvalue weighted by atomic mass is 10.1. The van der Waals surface area contributed by atoms with E-state index in [1.54, 1.807) is 55.6 Å². The van der Waals surface area contributed by atoms with Crippen LogP contribution < -0.4 is 20.3 Å². The molecule has 1 aliphatic rings. The number of amides is 2. The molecule has 3 aromatic rings. The van der Waals surface area contributed by atoms with Crippen molar-refractivity contribution >= 4 is 28.9 Å². The monoisotopic (exact) mass is 415 g/mol. The SMILES string of the molecule is COc1ccc(NC(=O)c2ccc(NCC(=O)N3c4ccccc4C[C@H]3C)cc2)cc1. The van der Waals surface area contributed by atoms with E-state index in [0.29, 0.717) is 11.3 Å². The van der Waals surface area contributed by atoms with Crippen molar-refractivity contribution in [3.63, 3.8) is 0 Å². The Kier molecular flexibility index (Phi) is 5.89. The zero-order chi connectivity index (χ0) is 21.8. The predicted molar refractivity (Wildman–Crippen MR) is 123 cm³/mol. The first-order valence-electron chi connectivity index (χ1n) is 10.2. The van der Waals surface area contributed by atoms with Gasteiger partial charge in [-0.25, -0.2) is 0 Å². The molecule has 0 spiro atoms. The molecule has 0 aromatic heterocycles. The van der Waals surface area contributed by atoms with Gasteiger partial charge in [-0.05, 0) is 73.5 Å². The van der Waals surface area contributed by atoms with Gasteiger partial charge in [-0.1, -0.05) is 18.2 Å². The van der Waals surface area contributed by atoms with E-state index in [-0.39, 0.29) is 24.4 Å². The summed E-state index contributed by atoms with van der Waals surface area (Å²) in [6.45, 7) is 2.25. The van der Waals surface area contributed by atoms with Crippen LogP contribution in [0.3, 0.4) is 0 Å². The molecule has 4 rings (SSSR count). The second kappa shape index (κ2) is 8.92. The van der Waals surface area contributed by atoms with E-state index < -0.39 is 0 Å². The minimum atomic E-state index is -0.199. The highest BCUT2D eigenvalue weighted by Crippen LogP contribution is 2.31. The lowest BCUT2D eigenvalue weighted by Gasteiger charge is -2.23. The van der Waals surface area contributed by atoms with E-state index in [1.165, 1.54) is 5.56 Å². The average molecular weight is 415 g/mol. The van der Waals surface area contributed by atoms with Crippen molar-refractivity contribution < 1.29 is 14.3 Å². The predicted octanol–water partition coefficient (Wildman–Crippen LogP) is 4.34. The fourth-order valence-electron chi connectivity index (χ4n) is 3.83. The van der Waals surface area contributed by atoms with Gasteiger partial charge in [0, 0.05) is 28.7 Å². The van der Waals surface area contributed by atoms with Crippen LogP contribution in [-0.2, 0) is 11.2 Å². The largest absolute Gasteiger partial charge is 0.497 e. The molecular formula is C25H25N3O3. The second-order valence-electron chi connectivity index (χ2n) is 7.56. The van der Waals surface area contributed by atoms with Crippen LogP contribution in [0.15, 0.2) is 72.8 Å². The molecule has 0 saturated heterocycles. The Balaban J connectivity index is 1.34. The topological polar surface area (TPSA) is 70.7 Å². The number of ether oxygens (including phenoxy) is 1. The van der Waals surface area contributed by atoms with Crippen LogP contribution in [0.4, 0.5) is 17.1 Å². The molecule has 1 aliphatic heterocycles. The minimum Gasteiger partial charge on any atom is -0.497 e. The molecule has 3 aromatic carbocycles. The van der Waals surface area contributed by atoms with Crippen LogP contribution in [-0.4, -0.2) is 31.5 Å². The summed E-state index contributed by atoms with van der Waals surface area (Å²) < 4.78 is 5.12. The van der Waals surface area contributed by atoms with Crippen LogP contribution in [0.2, 0.25) is 0 Å². The summed E-state index contributed by atoms with van der Waals surface area (Å²) in [5.41, 5.74) is 4.21. The number of nitrogens with one attached hydrogen (secondary N) is 2. The summed E-state index contributed by atoms with van der Waals surface area (Å²) in [7, 11) is 1.60.